The molecular weight excluding hydrogens is 374 g/mol. The highest BCUT2D eigenvalue weighted by Gasteiger charge is 2.25. The minimum absolute atomic E-state index is 0.000913. The van der Waals surface area contributed by atoms with Crippen molar-refractivity contribution in [1.29, 1.82) is 0 Å². The van der Waals surface area contributed by atoms with Crippen LogP contribution in [0.25, 0.3) is 0 Å². The first kappa shape index (κ1) is 21.9. The van der Waals surface area contributed by atoms with Crippen LogP contribution < -0.4 is 10.6 Å². The van der Waals surface area contributed by atoms with Gasteiger partial charge in [0.2, 0.25) is 0 Å². The van der Waals surface area contributed by atoms with Gasteiger partial charge in [0.05, 0.1) is 6.04 Å². The van der Waals surface area contributed by atoms with Gasteiger partial charge in [-0.3, -0.25) is 4.79 Å². The van der Waals surface area contributed by atoms with Crippen LogP contribution in [-0.2, 0) is 6.42 Å². The lowest BCUT2D eigenvalue weighted by atomic mass is 9.89. The van der Waals surface area contributed by atoms with Crippen LogP contribution in [0.15, 0.2) is 48.5 Å². The van der Waals surface area contributed by atoms with E-state index in [1.807, 2.05) is 36.9 Å². The molecule has 3 amide bonds. The molecule has 160 valence electrons. The highest BCUT2D eigenvalue weighted by Crippen LogP contribution is 2.27. The van der Waals surface area contributed by atoms with Crippen molar-refractivity contribution in [2.24, 2.45) is 0 Å². The van der Waals surface area contributed by atoms with E-state index in [9.17, 15) is 9.59 Å². The van der Waals surface area contributed by atoms with Gasteiger partial charge in [0.1, 0.15) is 0 Å². The van der Waals surface area contributed by atoms with Crippen LogP contribution in [0.3, 0.4) is 0 Å². The molecule has 5 heteroatoms. The third kappa shape index (κ3) is 5.41. The summed E-state index contributed by atoms with van der Waals surface area (Å²) in [7, 11) is 0. The number of carbonyl (C=O) groups excluding carboxylic acids is 2. The Labute approximate surface area is 179 Å². The first-order valence-corrected chi connectivity index (χ1v) is 11.0. The van der Waals surface area contributed by atoms with Crippen molar-refractivity contribution >= 4 is 11.9 Å². The third-order valence-electron chi connectivity index (χ3n) is 5.89. The van der Waals surface area contributed by atoms with Crippen LogP contribution in [0, 0.1) is 0 Å². The summed E-state index contributed by atoms with van der Waals surface area (Å²) >= 11 is 0. The molecule has 1 heterocycles. The Kier molecular flexibility index (Phi) is 7.50. The second kappa shape index (κ2) is 10.3. The topological polar surface area (TPSA) is 61.4 Å². The zero-order valence-electron chi connectivity index (χ0n) is 18.3. The molecule has 2 N–H and O–H groups in total. The zero-order valence-corrected chi connectivity index (χ0v) is 18.3. The summed E-state index contributed by atoms with van der Waals surface area (Å²) in [4.78, 5) is 26.9. The first-order chi connectivity index (χ1) is 14.5. The number of urea groups is 1. The van der Waals surface area contributed by atoms with Crippen LogP contribution in [-0.4, -0.2) is 36.5 Å². The van der Waals surface area contributed by atoms with E-state index in [2.05, 4.69) is 47.9 Å². The predicted octanol–water partition coefficient (Wildman–Crippen LogP) is 4.65. The largest absolute Gasteiger partial charge is 0.346 e. The molecule has 0 spiro atoms. The van der Waals surface area contributed by atoms with Gasteiger partial charge in [-0.2, -0.15) is 0 Å². The van der Waals surface area contributed by atoms with Gasteiger partial charge in [0.25, 0.3) is 5.91 Å². The van der Waals surface area contributed by atoms with E-state index in [4.69, 9.17) is 0 Å². The SMILES string of the molecule is CCNC(=O)N1CCC[C@H](c2cccc(C(=O)N[C@H](C)c3ccc(CC)cc3)c2)C1. The van der Waals surface area contributed by atoms with Crippen LogP contribution >= 0.6 is 0 Å². The first-order valence-electron chi connectivity index (χ1n) is 11.0. The molecule has 0 aliphatic carbocycles. The molecule has 0 unspecified atom stereocenters. The molecule has 30 heavy (non-hydrogen) atoms. The number of benzene rings is 2. The lowest BCUT2D eigenvalue weighted by Crippen LogP contribution is -2.44. The number of nitrogens with zero attached hydrogens (tertiary/aromatic N) is 1. The molecule has 1 saturated heterocycles. The van der Waals surface area contributed by atoms with Gasteiger partial charge in [0.15, 0.2) is 0 Å². The number of likely N-dealkylation sites (tertiary alicyclic amines) is 1. The van der Waals surface area contributed by atoms with Crippen molar-refractivity contribution < 1.29 is 9.59 Å². The van der Waals surface area contributed by atoms with Crippen LogP contribution in [0.5, 0.6) is 0 Å². The number of amides is 3. The van der Waals surface area contributed by atoms with Gasteiger partial charge in [-0.1, -0.05) is 43.3 Å². The van der Waals surface area contributed by atoms with Gasteiger partial charge in [-0.15, -0.1) is 0 Å². The Morgan fingerprint density at radius 3 is 2.60 bits per heavy atom. The Morgan fingerprint density at radius 1 is 1.13 bits per heavy atom. The summed E-state index contributed by atoms with van der Waals surface area (Å²) in [5.41, 5.74) is 4.18. The van der Waals surface area contributed by atoms with E-state index < -0.39 is 0 Å². The minimum Gasteiger partial charge on any atom is -0.346 e. The molecule has 3 rings (SSSR count). The molecule has 2 aromatic carbocycles. The molecule has 5 nitrogen and oxygen atoms in total. The molecule has 2 aromatic rings. The van der Waals surface area contributed by atoms with Gasteiger partial charge >= 0.3 is 6.03 Å². The third-order valence-corrected chi connectivity index (χ3v) is 5.89. The molecule has 1 aliphatic rings. The van der Waals surface area contributed by atoms with E-state index in [-0.39, 0.29) is 23.9 Å². The summed E-state index contributed by atoms with van der Waals surface area (Å²) < 4.78 is 0. The second-order valence-electron chi connectivity index (χ2n) is 8.04. The van der Waals surface area contributed by atoms with E-state index in [1.165, 1.54) is 5.56 Å². The second-order valence-corrected chi connectivity index (χ2v) is 8.04. The van der Waals surface area contributed by atoms with Crippen molar-refractivity contribution in [1.82, 2.24) is 15.5 Å². The van der Waals surface area contributed by atoms with Gasteiger partial charge in [0, 0.05) is 31.1 Å². The monoisotopic (exact) mass is 407 g/mol. The quantitative estimate of drug-likeness (QED) is 0.732. The van der Waals surface area contributed by atoms with Gasteiger partial charge in [-0.25, -0.2) is 4.79 Å². The Bertz CT molecular complexity index is 863. The highest BCUT2D eigenvalue weighted by molar-refractivity contribution is 5.94. The van der Waals surface area contributed by atoms with Crippen molar-refractivity contribution in [3.8, 4) is 0 Å². The van der Waals surface area contributed by atoms with Crippen LogP contribution in [0.1, 0.15) is 72.6 Å². The Morgan fingerprint density at radius 2 is 1.90 bits per heavy atom. The molecule has 1 fully saturated rings. The number of aryl methyl sites for hydroxylation is 1. The smallest absolute Gasteiger partial charge is 0.317 e. The Hall–Kier alpha value is -2.82. The molecule has 0 saturated carbocycles. The lowest BCUT2D eigenvalue weighted by molar-refractivity contribution is 0.0939. The fraction of sp³-hybridized carbons (Fsp3) is 0.440. The van der Waals surface area contributed by atoms with Crippen LogP contribution in [0.2, 0.25) is 0 Å². The average Bonchev–Trinajstić information content (AvgIpc) is 2.79. The summed E-state index contributed by atoms with van der Waals surface area (Å²) in [5, 5.41) is 5.99. The molecule has 1 aliphatic heterocycles. The Balaban J connectivity index is 1.66. The fourth-order valence-electron chi connectivity index (χ4n) is 4.04. The van der Waals surface area contributed by atoms with Crippen LogP contribution in [0.4, 0.5) is 4.79 Å². The zero-order chi connectivity index (χ0) is 21.5. The normalized spacial score (nSPS) is 17.3. The van der Waals surface area contributed by atoms with Crippen molar-refractivity contribution in [2.75, 3.05) is 19.6 Å². The maximum atomic E-state index is 12.9. The number of nitrogens with one attached hydrogen (secondary N) is 2. The number of piperidine rings is 1. The standard InChI is InChI=1S/C25H33N3O2/c1-4-19-11-13-20(14-12-19)18(3)27-24(29)22-9-6-8-21(16-22)23-10-7-15-28(17-23)25(30)26-5-2/h6,8-9,11-14,16,18,23H,4-5,7,10,15,17H2,1-3H3,(H,26,30)(H,27,29)/t18-,23+/m1/s1. The molecule has 0 aromatic heterocycles. The molecule has 0 bridgehead atoms. The van der Waals surface area contributed by atoms with E-state index >= 15 is 0 Å². The number of carbonyl (C=O) groups is 2. The summed E-state index contributed by atoms with van der Waals surface area (Å²) in [5.74, 6) is 0.188. The summed E-state index contributed by atoms with van der Waals surface area (Å²) in [6.45, 7) is 8.19. The maximum Gasteiger partial charge on any atom is 0.317 e. The molecular formula is C25H33N3O2. The van der Waals surface area contributed by atoms with E-state index in [0.717, 1.165) is 36.9 Å². The number of hydrogen-bond acceptors (Lipinski definition) is 2. The van der Waals surface area contributed by atoms with Gasteiger partial charge < -0.3 is 15.5 Å². The maximum absolute atomic E-state index is 12.9. The fourth-order valence-corrected chi connectivity index (χ4v) is 4.04. The van der Waals surface area contributed by atoms with Crippen molar-refractivity contribution in [3.63, 3.8) is 0 Å². The molecule has 0 radical (unpaired) electrons. The summed E-state index contributed by atoms with van der Waals surface area (Å²) in [6.07, 6.45) is 3.01. The van der Waals surface area contributed by atoms with Crippen molar-refractivity contribution in [2.45, 2.75) is 52.0 Å². The van der Waals surface area contributed by atoms with Gasteiger partial charge in [-0.05, 0) is 61.9 Å². The predicted molar refractivity (Wildman–Crippen MR) is 121 cm³/mol. The average molecular weight is 408 g/mol. The minimum atomic E-state index is -0.0692. The van der Waals surface area contributed by atoms with Crippen molar-refractivity contribution in [3.05, 3.63) is 70.8 Å². The van der Waals surface area contributed by atoms with E-state index in [1.54, 1.807) is 0 Å². The number of rotatable bonds is 6. The highest BCUT2D eigenvalue weighted by atomic mass is 16.2. The number of hydrogen-bond donors (Lipinski definition) is 2. The van der Waals surface area contributed by atoms with E-state index in [0.29, 0.717) is 18.7 Å². The summed E-state index contributed by atoms with van der Waals surface area (Å²) in [6, 6.07) is 16.2. The molecule has 2 atom stereocenters. The lowest BCUT2D eigenvalue weighted by Gasteiger charge is -2.33.